The summed E-state index contributed by atoms with van der Waals surface area (Å²) in [5, 5.41) is 3.35. The molecule has 0 aliphatic carbocycles. The Balaban J connectivity index is 1.96. The summed E-state index contributed by atoms with van der Waals surface area (Å²) in [6.45, 7) is 9.56. The van der Waals surface area contributed by atoms with E-state index < -0.39 is 5.60 Å². The average molecular weight is 321 g/mol. The van der Waals surface area contributed by atoms with E-state index in [4.69, 9.17) is 9.47 Å². The van der Waals surface area contributed by atoms with E-state index in [1.165, 1.54) is 0 Å². The number of anilines is 1. The first-order valence-electron chi connectivity index (χ1n) is 8.22. The molecule has 1 aliphatic rings. The molecule has 6 nitrogen and oxygen atoms in total. The predicted octanol–water partition coefficient (Wildman–Crippen LogP) is 3.29. The zero-order chi connectivity index (χ0) is 16.9. The first-order chi connectivity index (χ1) is 10.9. The Morgan fingerprint density at radius 1 is 1.48 bits per heavy atom. The summed E-state index contributed by atoms with van der Waals surface area (Å²) in [5.74, 6) is 0.594. The summed E-state index contributed by atoms with van der Waals surface area (Å²) < 4.78 is 11.0. The topological polar surface area (TPSA) is 63.7 Å². The van der Waals surface area contributed by atoms with Crippen molar-refractivity contribution < 1.29 is 14.3 Å². The maximum Gasteiger partial charge on any atom is 0.410 e. The van der Waals surface area contributed by atoms with Crippen LogP contribution in [0.15, 0.2) is 18.3 Å². The lowest BCUT2D eigenvalue weighted by Gasteiger charge is -2.29. The number of hydrogen-bond acceptors (Lipinski definition) is 5. The van der Waals surface area contributed by atoms with Crippen LogP contribution >= 0.6 is 0 Å². The third-order valence-corrected chi connectivity index (χ3v) is 3.59. The van der Waals surface area contributed by atoms with Crippen molar-refractivity contribution in [2.45, 2.75) is 52.2 Å². The molecule has 1 aliphatic heterocycles. The Morgan fingerprint density at radius 2 is 2.26 bits per heavy atom. The van der Waals surface area contributed by atoms with Gasteiger partial charge >= 0.3 is 6.09 Å². The standard InChI is InChI=1S/C17H27N3O3/c1-5-22-15-14(9-6-10-18-15)19-12-13-8-7-11-20(13)16(21)23-17(2,3)4/h6,9-10,13,19H,5,7-8,11-12H2,1-4H3. The Hall–Kier alpha value is -1.98. The molecule has 1 atom stereocenters. The van der Waals surface area contributed by atoms with Crippen LogP contribution in [0, 0.1) is 0 Å². The smallest absolute Gasteiger partial charge is 0.410 e. The quantitative estimate of drug-likeness (QED) is 0.901. The molecule has 1 amide bonds. The summed E-state index contributed by atoms with van der Waals surface area (Å²) in [4.78, 5) is 18.3. The fraction of sp³-hybridized carbons (Fsp3) is 0.647. The van der Waals surface area contributed by atoms with Crippen LogP contribution in [0.4, 0.5) is 10.5 Å². The van der Waals surface area contributed by atoms with E-state index in [0.29, 0.717) is 19.0 Å². The lowest BCUT2D eigenvalue weighted by molar-refractivity contribution is 0.0235. The van der Waals surface area contributed by atoms with E-state index in [-0.39, 0.29) is 12.1 Å². The van der Waals surface area contributed by atoms with Crippen LogP contribution in [-0.4, -0.2) is 47.3 Å². The van der Waals surface area contributed by atoms with Gasteiger partial charge in [0.15, 0.2) is 0 Å². The van der Waals surface area contributed by atoms with Crippen molar-refractivity contribution in [3.8, 4) is 5.88 Å². The molecule has 23 heavy (non-hydrogen) atoms. The minimum atomic E-state index is -0.469. The first-order valence-corrected chi connectivity index (χ1v) is 8.22. The number of ether oxygens (including phenoxy) is 2. The van der Waals surface area contributed by atoms with E-state index in [1.54, 1.807) is 6.20 Å². The highest BCUT2D eigenvalue weighted by Crippen LogP contribution is 2.24. The molecule has 6 heteroatoms. The average Bonchev–Trinajstić information content (AvgIpc) is 2.93. The van der Waals surface area contributed by atoms with Crippen LogP contribution in [0.1, 0.15) is 40.5 Å². The Bertz CT molecular complexity index is 528. The molecule has 1 aromatic heterocycles. The molecule has 2 heterocycles. The van der Waals surface area contributed by atoms with Gasteiger partial charge in [0.1, 0.15) is 5.60 Å². The number of carbonyl (C=O) groups excluding carboxylic acids is 1. The minimum Gasteiger partial charge on any atom is -0.476 e. The minimum absolute atomic E-state index is 0.125. The SMILES string of the molecule is CCOc1ncccc1NCC1CCCN1C(=O)OC(C)(C)C. The zero-order valence-corrected chi connectivity index (χ0v) is 14.5. The third kappa shape index (κ3) is 5.01. The molecule has 128 valence electrons. The number of amides is 1. The van der Waals surface area contributed by atoms with Gasteiger partial charge < -0.3 is 19.7 Å². The summed E-state index contributed by atoms with van der Waals surface area (Å²) in [5.41, 5.74) is 0.383. The number of aromatic nitrogens is 1. The Morgan fingerprint density at radius 3 is 2.96 bits per heavy atom. The van der Waals surface area contributed by atoms with Gasteiger partial charge in [-0.05, 0) is 52.7 Å². The van der Waals surface area contributed by atoms with Gasteiger partial charge in [-0.3, -0.25) is 0 Å². The maximum atomic E-state index is 12.3. The van der Waals surface area contributed by atoms with Gasteiger partial charge in [0.05, 0.1) is 18.3 Å². The normalized spacial score (nSPS) is 17.9. The monoisotopic (exact) mass is 321 g/mol. The van der Waals surface area contributed by atoms with E-state index in [1.807, 2.05) is 44.7 Å². The second-order valence-corrected chi connectivity index (χ2v) is 6.64. The fourth-order valence-electron chi connectivity index (χ4n) is 2.61. The van der Waals surface area contributed by atoms with Crippen molar-refractivity contribution in [3.63, 3.8) is 0 Å². The molecule has 2 rings (SSSR count). The summed E-state index contributed by atoms with van der Waals surface area (Å²) >= 11 is 0. The number of rotatable bonds is 5. The number of pyridine rings is 1. The van der Waals surface area contributed by atoms with E-state index in [2.05, 4.69) is 10.3 Å². The van der Waals surface area contributed by atoms with Crippen LogP contribution in [0.25, 0.3) is 0 Å². The van der Waals surface area contributed by atoms with Gasteiger partial charge in [0, 0.05) is 19.3 Å². The lowest BCUT2D eigenvalue weighted by atomic mass is 10.2. The second-order valence-electron chi connectivity index (χ2n) is 6.64. The first kappa shape index (κ1) is 17.4. The highest BCUT2D eigenvalue weighted by molar-refractivity contribution is 5.69. The highest BCUT2D eigenvalue weighted by atomic mass is 16.6. The Labute approximate surface area is 138 Å². The lowest BCUT2D eigenvalue weighted by Crippen LogP contribution is -2.42. The zero-order valence-electron chi connectivity index (χ0n) is 14.5. The van der Waals surface area contributed by atoms with E-state index in [9.17, 15) is 4.79 Å². The van der Waals surface area contributed by atoms with Crippen LogP contribution in [0.3, 0.4) is 0 Å². The molecular formula is C17H27N3O3. The number of likely N-dealkylation sites (tertiary alicyclic amines) is 1. The van der Waals surface area contributed by atoms with Gasteiger partial charge in [-0.15, -0.1) is 0 Å². The van der Waals surface area contributed by atoms with Crippen LogP contribution < -0.4 is 10.1 Å². The molecule has 1 unspecified atom stereocenters. The number of nitrogens with zero attached hydrogens (tertiary/aromatic N) is 2. The van der Waals surface area contributed by atoms with Gasteiger partial charge in [0.25, 0.3) is 0 Å². The van der Waals surface area contributed by atoms with Crippen molar-refractivity contribution in [2.75, 3.05) is 25.0 Å². The van der Waals surface area contributed by atoms with Gasteiger partial charge in [0.2, 0.25) is 5.88 Å². The van der Waals surface area contributed by atoms with E-state index >= 15 is 0 Å². The molecule has 1 aromatic rings. The van der Waals surface area contributed by atoms with Crippen molar-refractivity contribution in [1.29, 1.82) is 0 Å². The molecule has 1 N–H and O–H groups in total. The third-order valence-electron chi connectivity index (χ3n) is 3.59. The van der Waals surface area contributed by atoms with Crippen LogP contribution in [0.2, 0.25) is 0 Å². The predicted molar refractivity (Wildman–Crippen MR) is 89.9 cm³/mol. The fourth-order valence-corrected chi connectivity index (χ4v) is 2.61. The van der Waals surface area contributed by atoms with Crippen molar-refractivity contribution in [2.24, 2.45) is 0 Å². The van der Waals surface area contributed by atoms with Gasteiger partial charge in [-0.2, -0.15) is 0 Å². The molecule has 1 fully saturated rings. The molecule has 1 saturated heterocycles. The van der Waals surface area contributed by atoms with Gasteiger partial charge in [-0.25, -0.2) is 9.78 Å². The van der Waals surface area contributed by atoms with Crippen LogP contribution in [-0.2, 0) is 4.74 Å². The van der Waals surface area contributed by atoms with E-state index in [0.717, 1.165) is 25.1 Å². The second kappa shape index (κ2) is 7.53. The summed E-state index contributed by atoms with van der Waals surface area (Å²) in [7, 11) is 0. The number of hydrogen-bond donors (Lipinski definition) is 1. The van der Waals surface area contributed by atoms with Crippen LogP contribution in [0.5, 0.6) is 5.88 Å². The maximum absolute atomic E-state index is 12.3. The van der Waals surface area contributed by atoms with Gasteiger partial charge in [-0.1, -0.05) is 0 Å². The molecule has 0 spiro atoms. The van der Waals surface area contributed by atoms with Crippen molar-refractivity contribution >= 4 is 11.8 Å². The van der Waals surface area contributed by atoms with Crippen molar-refractivity contribution in [3.05, 3.63) is 18.3 Å². The summed E-state index contributed by atoms with van der Waals surface area (Å²) in [6, 6.07) is 3.93. The number of carbonyl (C=O) groups is 1. The molecule has 0 bridgehead atoms. The Kier molecular flexibility index (Phi) is 5.69. The molecule has 0 radical (unpaired) electrons. The molecule has 0 saturated carbocycles. The molecule has 0 aromatic carbocycles. The van der Waals surface area contributed by atoms with Crippen molar-refractivity contribution in [1.82, 2.24) is 9.88 Å². The summed E-state index contributed by atoms with van der Waals surface area (Å²) in [6.07, 6.45) is 3.43. The number of nitrogens with one attached hydrogen (secondary N) is 1. The largest absolute Gasteiger partial charge is 0.476 e. The molecular weight excluding hydrogens is 294 g/mol. The highest BCUT2D eigenvalue weighted by Gasteiger charge is 2.32.